The average molecular weight is 229 g/mol. The number of rotatable bonds is 6. The minimum atomic E-state index is -0.416. The van der Waals surface area contributed by atoms with Gasteiger partial charge in [-0.05, 0) is 25.7 Å². The van der Waals surface area contributed by atoms with Crippen LogP contribution in [0.1, 0.15) is 45.4 Å². The number of amides is 1. The molecule has 2 N–H and O–H groups in total. The van der Waals surface area contributed by atoms with Crippen molar-refractivity contribution in [3.8, 4) is 0 Å². The summed E-state index contributed by atoms with van der Waals surface area (Å²) in [5, 5.41) is 12.2. The first-order valence-electron chi connectivity index (χ1n) is 6.28. The van der Waals surface area contributed by atoms with E-state index in [1.807, 2.05) is 6.92 Å². The molecule has 0 bridgehead atoms. The van der Waals surface area contributed by atoms with Gasteiger partial charge >= 0.3 is 0 Å². The molecule has 0 aromatic heterocycles. The van der Waals surface area contributed by atoms with Gasteiger partial charge in [0.15, 0.2) is 0 Å². The van der Waals surface area contributed by atoms with Crippen LogP contribution >= 0.6 is 0 Å². The third kappa shape index (κ3) is 5.47. The van der Waals surface area contributed by atoms with Crippen LogP contribution in [0.3, 0.4) is 0 Å². The van der Waals surface area contributed by atoms with Crippen LogP contribution in [-0.4, -0.2) is 36.4 Å². The van der Waals surface area contributed by atoms with Gasteiger partial charge in [0.1, 0.15) is 0 Å². The number of hydrogen-bond donors (Lipinski definition) is 2. The highest BCUT2D eigenvalue weighted by Crippen LogP contribution is 2.15. The molecular weight excluding hydrogens is 206 g/mol. The van der Waals surface area contributed by atoms with Crippen molar-refractivity contribution in [2.75, 3.05) is 13.2 Å². The fourth-order valence-corrected chi connectivity index (χ4v) is 1.91. The summed E-state index contributed by atoms with van der Waals surface area (Å²) in [6, 6.07) is 0. The Kier molecular flexibility index (Phi) is 6.42. The Morgan fingerprint density at radius 2 is 2.38 bits per heavy atom. The molecule has 0 aromatic rings. The SMILES string of the molecule is CCCC(O)CNC(=O)CC1CCCCO1. The first kappa shape index (κ1) is 13.5. The van der Waals surface area contributed by atoms with E-state index in [0.29, 0.717) is 13.0 Å². The van der Waals surface area contributed by atoms with E-state index in [4.69, 9.17) is 4.74 Å². The lowest BCUT2D eigenvalue weighted by Crippen LogP contribution is -2.35. The Hall–Kier alpha value is -0.610. The molecule has 2 atom stereocenters. The zero-order chi connectivity index (χ0) is 11.8. The van der Waals surface area contributed by atoms with E-state index in [0.717, 1.165) is 38.7 Å². The smallest absolute Gasteiger partial charge is 0.222 e. The van der Waals surface area contributed by atoms with E-state index in [1.165, 1.54) is 0 Å². The van der Waals surface area contributed by atoms with E-state index >= 15 is 0 Å². The van der Waals surface area contributed by atoms with Crippen molar-refractivity contribution in [2.24, 2.45) is 0 Å². The fourth-order valence-electron chi connectivity index (χ4n) is 1.91. The van der Waals surface area contributed by atoms with Crippen LogP contribution in [0.2, 0.25) is 0 Å². The summed E-state index contributed by atoms with van der Waals surface area (Å²) in [4.78, 5) is 11.5. The second kappa shape index (κ2) is 7.63. The average Bonchev–Trinajstić information content (AvgIpc) is 2.28. The largest absolute Gasteiger partial charge is 0.391 e. The van der Waals surface area contributed by atoms with Gasteiger partial charge in [0, 0.05) is 13.2 Å². The summed E-state index contributed by atoms with van der Waals surface area (Å²) >= 11 is 0. The van der Waals surface area contributed by atoms with E-state index in [1.54, 1.807) is 0 Å². The summed E-state index contributed by atoms with van der Waals surface area (Å²) in [6.45, 7) is 3.15. The van der Waals surface area contributed by atoms with Crippen molar-refractivity contribution in [3.05, 3.63) is 0 Å². The zero-order valence-electron chi connectivity index (χ0n) is 10.1. The lowest BCUT2D eigenvalue weighted by Gasteiger charge is -2.22. The molecule has 94 valence electrons. The quantitative estimate of drug-likeness (QED) is 0.720. The third-order valence-electron chi connectivity index (χ3n) is 2.84. The van der Waals surface area contributed by atoms with Gasteiger partial charge < -0.3 is 15.2 Å². The lowest BCUT2D eigenvalue weighted by molar-refractivity contribution is -0.125. The predicted molar refractivity (Wildman–Crippen MR) is 62.1 cm³/mol. The van der Waals surface area contributed by atoms with Crippen LogP contribution in [0, 0.1) is 0 Å². The molecule has 1 fully saturated rings. The van der Waals surface area contributed by atoms with Crippen LogP contribution in [0.5, 0.6) is 0 Å². The van der Waals surface area contributed by atoms with Gasteiger partial charge in [0.2, 0.25) is 5.91 Å². The van der Waals surface area contributed by atoms with E-state index in [-0.39, 0.29) is 12.0 Å². The molecule has 1 heterocycles. The van der Waals surface area contributed by atoms with Crippen LogP contribution in [0.15, 0.2) is 0 Å². The van der Waals surface area contributed by atoms with Crippen molar-refractivity contribution >= 4 is 5.91 Å². The highest BCUT2D eigenvalue weighted by Gasteiger charge is 2.17. The number of nitrogens with one attached hydrogen (secondary N) is 1. The Morgan fingerprint density at radius 3 is 3.00 bits per heavy atom. The molecule has 0 radical (unpaired) electrons. The van der Waals surface area contributed by atoms with Gasteiger partial charge in [-0.1, -0.05) is 13.3 Å². The summed E-state index contributed by atoms with van der Waals surface area (Å²) in [5.41, 5.74) is 0. The fraction of sp³-hybridized carbons (Fsp3) is 0.917. The molecule has 1 aliphatic rings. The summed E-state index contributed by atoms with van der Waals surface area (Å²) in [5.74, 6) is -0.0120. The lowest BCUT2D eigenvalue weighted by atomic mass is 10.1. The van der Waals surface area contributed by atoms with Gasteiger partial charge in [-0.2, -0.15) is 0 Å². The second-order valence-corrected chi connectivity index (χ2v) is 4.44. The van der Waals surface area contributed by atoms with Crippen molar-refractivity contribution in [3.63, 3.8) is 0 Å². The van der Waals surface area contributed by atoms with E-state index in [2.05, 4.69) is 5.32 Å². The Balaban J connectivity index is 2.10. The van der Waals surface area contributed by atoms with Crippen LogP contribution in [0.25, 0.3) is 0 Å². The number of carbonyl (C=O) groups is 1. The molecule has 16 heavy (non-hydrogen) atoms. The number of aliphatic hydroxyl groups excluding tert-OH is 1. The molecule has 2 unspecified atom stereocenters. The maximum Gasteiger partial charge on any atom is 0.222 e. The molecule has 4 heteroatoms. The third-order valence-corrected chi connectivity index (χ3v) is 2.84. The molecule has 0 spiro atoms. The zero-order valence-corrected chi connectivity index (χ0v) is 10.1. The van der Waals surface area contributed by atoms with Crippen molar-refractivity contribution in [2.45, 2.75) is 57.7 Å². The maximum absolute atomic E-state index is 11.5. The van der Waals surface area contributed by atoms with E-state index in [9.17, 15) is 9.90 Å². The van der Waals surface area contributed by atoms with Gasteiger partial charge in [-0.3, -0.25) is 4.79 Å². The molecule has 1 saturated heterocycles. The standard InChI is InChI=1S/C12H23NO3/c1-2-5-10(14)9-13-12(15)8-11-6-3-4-7-16-11/h10-11,14H,2-9H2,1H3,(H,13,15). The highest BCUT2D eigenvalue weighted by molar-refractivity contribution is 5.76. The Bertz CT molecular complexity index is 202. The number of hydrogen-bond acceptors (Lipinski definition) is 3. The van der Waals surface area contributed by atoms with Crippen molar-refractivity contribution < 1.29 is 14.6 Å². The van der Waals surface area contributed by atoms with Crippen LogP contribution < -0.4 is 5.32 Å². The molecule has 1 aliphatic heterocycles. The monoisotopic (exact) mass is 229 g/mol. The summed E-state index contributed by atoms with van der Waals surface area (Å²) < 4.78 is 5.48. The van der Waals surface area contributed by atoms with Gasteiger partial charge in [0.05, 0.1) is 18.6 Å². The van der Waals surface area contributed by atoms with Crippen LogP contribution in [0.4, 0.5) is 0 Å². The van der Waals surface area contributed by atoms with Gasteiger partial charge in [-0.15, -0.1) is 0 Å². The first-order valence-corrected chi connectivity index (χ1v) is 6.28. The normalized spacial score (nSPS) is 22.8. The first-order chi connectivity index (χ1) is 7.72. The number of carbonyl (C=O) groups excluding carboxylic acids is 1. The highest BCUT2D eigenvalue weighted by atomic mass is 16.5. The molecule has 1 rings (SSSR count). The molecule has 0 aromatic carbocycles. The molecular formula is C12H23NO3. The summed E-state index contributed by atoms with van der Waals surface area (Å²) in [7, 11) is 0. The predicted octanol–water partition coefficient (Wildman–Crippen LogP) is 1.22. The summed E-state index contributed by atoms with van der Waals surface area (Å²) in [6.07, 6.45) is 4.99. The van der Waals surface area contributed by atoms with Crippen molar-refractivity contribution in [1.29, 1.82) is 0 Å². The van der Waals surface area contributed by atoms with Gasteiger partial charge in [0.25, 0.3) is 0 Å². The Morgan fingerprint density at radius 1 is 1.56 bits per heavy atom. The topological polar surface area (TPSA) is 58.6 Å². The molecule has 1 amide bonds. The maximum atomic E-state index is 11.5. The Labute approximate surface area is 97.4 Å². The van der Waals surface area contributed by atoms with E-state index < -0.39 is 6.10 Å². The molecule has 4 nitrogen and oxygen atoms in total. The van der Waals surface area contributed by atoms with Crippen LogP contribution in [-0.2, 0) is 9.53 Å². The number of aliphatic hydroxyl groups is 1. The minimum absolute atomic E-state index is 0.0120. The minimum Gasteiger partial charge on any atom is -0.391 e. The molecule has 0 saturated carbocycles. The van der Waals surface area contributed by atoms with Crippen molar-refractivity contribution in [1.82, 2.24) is 5.32 Å². The second-order valence-electron chi connectivity index (χ2n) is 4.44. The van der Waals surface area contributed by atoms with Gasteiger partial charge in [-0.25, -0.2) is 0 Å². The number of ether oxygens (including phenoxy) is 1. The molecule has 0 aliphatic carbocycles.